The van der Waals surface area contributed by atoms with Crippen LogP contribution in [0.15, 0.2) is 34.9 Å². The second-order valence-corrected chi connectivity index (χ2v) is 3.55. The fourth-order valence-corrected chi connectivity index (χ4v) is 1.57. The standard InChI is InChI=1S/C12H10N2O5/c1-2-18-12(15)11-10(14(16)17)9(13-19-11)8-6-4-3-5-7-8/h3-7H,2H2,1H3. The van der Waals surface area contributed by atoms with Crippen LogP contribution in [-0.4, -0.2) is 22.7 Å². The van der Waals surface area contributed by atoms with Gasteiger partial charge in [-0.1, -0.05) is 35.5 Å². The molecule has 0 saturated heterocycles. The van der Waals surface area contributed by atoms with Gasteiger partial charge in [-0.2, -0.15) is 0 Å². The number of ether oxygens (including phenoxy) is 1. The third kappa shape index (κ3) is 2.44. The topological polar surface area (TPSA) is 95.5 Å². The summed E-state index contributed by atoms with van der Waals surface area (Å²) in [5.41, 5.74) is 0.0202. The largest absolute Gasteiger partial charge is 0.460 e. The Hall–Kier alpha value is -2.70. The number of hydrogen-bond acceptors (Lipinski definition) is 6. The first-order chi connectivity index (χ1) is 9.15. The van der Waals surface area contributed by atoms with E-state index in [2.05, 4.69) is 5.16 Å². The van der Waals surface area contributed by atoms with Crippen molar-refractivity contribution in [1.29, 1.82) is 0 Å². The quantitative estimate of drug-likeness (QED) is 0.477. The van der Waals surface area contributed by atoms with Crippen molar-refractivity contribution in [3.05, 3.63) is 46.2 Å². The van der Waals surface area contributed by atoms with E-state index in [0.717, 1.165) is 0 Å². The molecule has 0 spiro atoms. The molecule has 0 amide bonds. The van der Waals surface area contributed by atoms with Crippen molar-refractivity contribution in [1.82, 2.24) is 5.16 Å². The lowest BCUT2D eigenvalue weighted by Crippen LogP contribution is -2.06. The number of hydrogen-bond donors (Lipinski definition) is 0. The third-order valence-electron chi connectivity index (χ3n) is 2.36. The van der Waals surface area contributed by atoms with Crippen LogP contribution in [0.2, 0.25) is 0 Å². The first kappa shape index (κ1) is 12.7. The monoisotopic (exact) mass is 262 g/mol. The Morgan fingerprint density at radius 1 is 1.42 bits per heavy atom. The van der Waals surface area contributed by atoms with E-state index in [0.29, 0.717) is 5.56 Å². The molecule has 0 N–H and O–H groups in total. The third-order valence-corrected chi connectivity index (χ3v) is 2.36. The van der Waals surface area contributed by atoms with Gasteiger partial charge in [-0.05, 0) is 6.92 Å². The minimum absolute atomic E-state index is 0.00801. The first-order valence-electron chi connectivity index (χ1n) is 5.51. The average molecular weight is 262 g/mol. The maximum atomic E-state index is 11.6. The Labute approximate surface area is 107 Å². The van der Waals surface area contributed by atoms with Crippen molar-refractivity contribution in [3.8, 4) is 11.3 Å². The molecule has 0 aliphatic carbocycles. The van der Waals surface area contributed by atoms with E-state index in [-0.39, 0.29) is 12.3 Å². The highest BCUT2D eigenvalue weighted by molar-refractivity contribution is 5.94. The highest BCUT2D eigenvalue weighted by atomic mass is 16.6. The van der Waals surface area contributed by atoms with Gasteiger partial charge in [0.1, 0.15) is 0 Å². The van der Waals surface area contributed by atoms with Gasteiger partial charge in [0.05, 0.1) is 11.5 Å². The molecule has 0 aliphatic rings. The van der Waals surface area contributed by atoms with Crippen molar-refractivity contribution in [2.24, 2.45) is 0 Å². The molecule has 2 rings (SSSR count). The van der Waals surface area contributed by atoms with Crippen LogP contribution in [-0.2, 0) is 4.74 Å². The van der Waals surface area contributed by atoms with Crippen molar-refractivity contribution >= 4 is 11.7 Å². The summed E-state index contributed by atoms with van der Waals surface area (Å²) in [5, 5.41) is 14.7. The van der Waals surface area contributed by atoms with Crippen molar-refractivity contribution in [3.63, 3.8) is 0 Å². The second kappa shape index (κ2) is 5.30. The highest BCUT2D eigenvalue weighted by Gasteiger charge is 2.33. The normalized spacial score (nSPS) is 10.2. The Balaban J connectivity index is 2.52. The van der Waals surface area contributed by atoms with E-state index in [9.17, 15) is 14.9 Å². The van der Waals surface area contributed by atoms with Gasteiger partial charge in [0, 0.05) is 5.56 Å². The minimum Gasteiger partial charge on any atom is -0.460 e. The lowest BCUT2D eigenvalue weighted by atomic mass is 10.1. The predicted octanol–water partition coefficient (Wildman–Crippen LogP) is 2.43. The van der Waals surface area contributed by atoms with E-state index >= 15 is 0 Å². The Bertz CT molecular complexity index is 606. The summed E-state index contributed by atoms with van der Waals surface area (Å²) in [6.07, 6.45) is 0. The summed E-state index contributed by atoms with van der Waals surface area (Å²) in [4.78, 5) is 21.9. The van der Waals surface area contributed by atoms with E-state index in [1.54, 1.807) is 37.3 Å². The lowest BCUT2D eigenvalue weighted by Gasteiger charge is -1.97. The van der Waals surface area contributed by atoms with Crippen molar-refractivity contribution in [2.45, 2.75) is 6.92 Å². The molecule has 0 aliphatic heterocycles. The molecule has 1 aromatic carbocycles. The number of rotatable bonds is 4. The molecule has 19 heavy (non-hydrogen) atoms. The molecular formula is C12H10N2O5. The summed E-state index contributed by atoms with van der Waals surface area (Å²) in [7, 11) is 0. The van der Waals surface area contributed by atoms with Gasteiger partial charge < -0.3 is 9.26 Å². The maximum absolute atomic E-state index is 11.6. The zero-order valence-electron chi connectivity index (χ0n) is 10.0. The Morgan fingerprint density at radius 3 is 2.68 bits per heavy atom. The molecule has 0 unspecified atom stereocenters. The van der Waals surface area contributed by atoms with E-state index < -0.39 is 22.3 Å². The molecule has 0 saturated carbocycles. The number of nitrogens with zero attached hydrogens (tertiary/aromatic N) is 2. The van der Waals surface area contributed by atoms with Gasteiger partial charge in [0.15, 0.2) is 5.69 Å². The molecule has 0 bridgehead atoms. The predicted molar refractivity (Wildman–Crippen MR) is 64.5 cm³/mol. The SMILES string of the molecule is CCOC(=O)c1onc(-c2ccccc2)c1[N+](=O)[O-]. The summed E-state index contributed by atoms with van der Waals surface area (Å²) < 4.78 is 9.45. The number of carbonyl (C=O) groups excluding carboxylic acids is 1. The fourth-order valence-electron chi connectivity index (χ4n) is 1.57. The van der Waals surface area contributed by atoms with Crippen LogP contribution < -0.4 is 0 Å². The fraction of sp³-hybridized carbons (Fsp3) is 0.167. The number of esters is 1. The lowest BCUT2D eigenvalue weighted by molar-refractivity contribution is -0.384. The Kier molecular flexibility index (Phi) is 3.56. The van der Waals surface area contributed by atoms with Crippen LogP contribution >= 0.6 is 0 Å². The number of benzene rings is 1. The molecule has 1 aromatic heterocycles. The van der Waals surface area contributed by atoms with Gasteiger partial charge in [-0.25, -0.2) is 4.79 Å². The average Bonchev–Trinajstić information content (AvgIpc) is 2.85. The summed E-state index contributed by atoms with van der Waals surface area (Å²) >= 11 is 0. The van der Waals surface area contributed by atoms with Gasteiger partial charge >= 0.3 is 17.4 Å². The van der Waals surface area contributed by atoms with Crippen LogP contribution in [0.25, 0.3) is 11.3 Å². The summed E-state index contributed by atoms with van der Waals surface area (Å²) in [6, 6.07) is 8.46. The number of aromatic nitrogens is 1. The minimum atomic E-state index is -0.899. The summed E-state index contributed by atoms with van der Waals surface area (Å²) in [5.74, 6) is -1.39. The zero-order valence-corrected chi connectivity index (χ0v) is 10.0. The van der Waals surface area contributed by atoms with E-state index in [1.807, 2.05) is 0 Å². The first-order valence-corrected chi connectivity index (χ1v) is 5.51. The van der Waals surface area contributed by atoms with Crippen LogP contribution in [0.4, 0.5) is 5.69 Å². The van der Waals surface area contributed by atoms with Crippen molar-refractivity contribution < 1.29 is 19.0 Å². The smallest absolute Gasteiger partial charge is 0.384 e. The molecule has 0 radical (unpaired) electrons. The van der Waals surface area contributed by atoms with Crippen LogP contribution in [0, 0.1) is 10.1 Å². The zero-order chi connectivity index (χ0) is 13.8. The maximum Gasteiger partial charge on any atom is 0.384 e. The van der Waals surface area contributed by atoms with E-state index in [1.165, 1.54) is 0 Å². The molecule has 7 nitrogen and oxygen atoms in total. The van der Waals surface area contributed by atoms with Crippen LogP contribution in [0.1, 0.15) is 17.5 Å². The highest BCUT2D eigenvalue weighted by Crippen LogP contribution is 2.32. The molecule has 0 atom stereocenters. The molecule has 7 heteroatoms. The van der Waals surface area contributed by atoms with Crippen molar-refractivity contribution in [2.75, 3.05) is 6.61 Å². The molecular weight excluding hydrogens is 252 g/mol. The van der Waals surface area contributed by atoms with Gasteiger partial charge in [-0.15, -0.1) is 0 Å². The van der Waals surface area contributed by atoms with Gasteiger partial charge in [-0.3, -0.25) is 10.1 Å². The summed E-state index contributed by atoms with van der Waals surface area (Å²) in [6.45, 7) is 1.69. The molecule has 2 aromatic rings. The second-order valence-electron chi connectivity index (χ2n) is 3.55. The Morgan fingerprint density at radius 2 is 2.11 bits per heavy atom. The van der Waals surface area contributed by atoms with Gasteiger partial charge in [0.2, 0.25) is 0 Å². The van der Waals surface area contributed by atoms with Crippen LogP contribution in [0.5, 0.6) is 0 Å². The van der Waals surface area contributed by atoms with E-state index in [4.69, 9.17) is 9.26 Å². The molecule has 1 heterocycles. The number of nitro groups is 1. The molecule has 98 valence electrons. The molecule has 0 fully saturated rings. The van der Waals surface area contributed by atoms with Crippen LogP contribution in [0.3, 0.4) is 0 Å². The number of carbonyl (C=O) groups is 1. The van der Waals surface area contributed by atoms with Gasteiger partial charge in [0.25, 0.3) is 0 Å².